The number of hydrogen-bond donors (Lipinski definition) is 1. The Morgan fingerprint density at radius 1 is 0.694 bits per heavy atom. The summed E-state index contributed by atoms with van der Waals surface area (Å²) in [6, 6.07) is 46.9. The standard InChI is InChI=1S/C44H34N3O.Pt/c1-29-24-30(2)26-35(25-29)47-41-23-13-12-22-39(41)46-44(47)42-37-20-10-7-16-32(37)27-34(43(42)48)18-8-11-21-38-36-19-9-6-17-33(36)28-40(45-38)31-14-4-3-5-15-31;/h3-14,16-17,19-20,22-28,48H,18,21H2,1-2H3;/q-1;/b11-8+;. The van der Waals surface area contributed by atoms with E-state index in [1.165, 1.54) is 11.1 Å². The van der Waals surface area contributed by atoms with E-state index in [0.29, 0.717) is 12.8 Å². The molecule has 2 heterocycles. The first-order valence-corrected chi connectivity index (χ1v) is 16.3. The van der Waals surface area contributed by atoms with Gasteiger partial charge in [0.2, 0.25) is 0 Å². The molecule has 0 aliphatic carbocycles. The minimum Gasteiger partial charge on any atom is -0.507 e. The van der Waals surface area contributed by atoms with Crippen molar-refractivity contribution in [2.24, 2.45) is 0 Å². The van der Waals surface area contributed by atoms with Gasteiger partial charge in [0.1, 0.15) is 11.6 Å². The van der Waals surface area contributed by atoms with E-state index in [2.05, 4.69) is 109 Å². The first-order valence-electron chi connectivity index (χ1n) is 16.3. The molecule has 0 bridgehead atoms. The Hall–Kier alpha value is -5.31. The number of allylic oxidation sites excluding steroid dienone is 2. The van der Waals surface area contributed by atoms with Crippen molar-refractivity contribution in [2.75, 3.05) is 0 Å². The topological polar surface area (TPSA) is 50.9 Å². The van der Waals surface area contributed by atoms with Crippen LogP contribution in [0.4, 0.5) is 0 Å². The summed E-state index contributed by atoms with van der Waals surface area (Å²) >= 11 is 0. The van der Waals surface area contributed by atoms with E-state index >= 15 is 0 Å². The molecule has 0 saturated carbocycles. The molecule has 0 amide bonds. The Labute approximate surface area is 300 Å². The van der Waals surface area contributed by atoms with Crippen LogP contribution in [0.3, 0.4) is 0 Å². The fourth-order valence-corrected chi connectivity index (χ4v) is 6.83. The molecule has 6 aromatic carbocycles. The fourth-order valence-electron chi connectivity index (χ4n) is 6.83. The van der Waals surface area contributed by atoms with Gasteiger partial charge in [0, 0.05) is 44.3 Å². The molecule has 0 saturated heterocycles. The van der Waals surface area contributed by atoms with Crippen molar-refractivity contribution >= 4 is 32.6 Å². The molecule has 49 heavy (non-hydrogen) atoms. The zero-order valence-corrected chi connectivity index (χ0v) is 29.6. The van der Waals surface area contributed by atoms with E-state index in [4.69, 9.17) is 9.97 Å². The second kappa shape index (κ2) is 13.7. The number of benzene rings is 6. The minimum absolute atomic E-state index is 0. The number of pyridine rings is 1. The molecule has 1 N–H and O–H groups in total. The molecule has 242 valence electrons. The normalized spacial score (nSPS) is 11.5. The Bertz CT molecular complexity index is 2480. The van der Waals surface area contributed by atoms with Gasteiger partial charge in [-0.25, -0.2) is 4.98 Å². The zero-order valence-electron chi connectivity index (χ0n) is 27.3. The molecule has 0 atom stereocenters. The van der Waals surface area contributed by atoms with E-state index in [-0.39, 0.29) is 26.8 Å². The Morgan fingerprint density at radius 2 is 1.37 bits per heavy atom. The molecule has 4 nitrogen and oxygen atoms in total. The van der Waals surface area contributed by atoms with Crippen molar-refractivity contribution in [3.05, 3.63) is 168 Å². The van der Waals surface area contributed by atoms with Crippen molar-refractivity contribution in [1.29, 1.82) is 0 Å². The van der Waals surface area contributed by atoms with Gasteiger partial charge in [-0.15, -0.1) is 35.9 Å². The first kappa shape index (κ1) is 32.2. The van der Waals surface area contributed by atoms with Crippen LogP contribution in [0.1, 0.15) is 22.4 Å². The zero-order chi connectivity index (χ0) is 32.6. The van der Waals surface area contributed by atoms with Crippen molar-refractivity contribution in [3.8, 4) is 34.1 Å². The SMILES string of the molecule is Cc1cc(C)cc(-n2c(-c3c(O)c(C/C=C/Cc4nc(-c5[c-]cccc5)cc5ccccc45)cc4ccccc34)nc3ccccc32)c1.[Pt]. The number of nitrogens with zero attached hydrogens (tertiary/aromatic N) is 3. The first-order chi connectivity index (χ1) is 23.5. The van der Waals surface area contributed by atoms with E-state index in [1.54, 1.807) is 0 Å². The summed E-state index contributed by atoms with van der Waals surface area (Å²) in [5.41, 5.74) is 9.78. The summed E-state index contributed by atoms with van der Waals surface area (Å²) in [5, 5.41) is 16.4. The smallest absolute Gasteiger partial charge is 0.150 e. The number of hydrogen-bond acceptors (Lipinski definition) is 3. The Kier molecular flexibility index (Phi) is 8.99. The summed E-state index contributed by atoms with van der Waals surface area (Å²) in [6.45, 7) is 4.23. The summed E-state index contributed by atoms with van der Waals surface area (Å²) in [6.07, 6.45) is 5.53. The molecule has 0 aliphatic rings. The molecule has 8 rings (SSSR count). The van der Waals surface area contributed by atoms with Gasteiger partial charge >= 0.3 is 0 Å². The van der Waals surface area contributed by atoms with Crippen LogP contribution >= 0.6 is 0 Å². The largest absolute Gasteiger partial charge is 0.507 e. The Morgan fingerprint density at radius 3 is 2.14 bits per heavy atom. The fraction of sp³-hybridized carbons (Fsp3) is 0.0909. The third kappa shape index (κ3) is 6.21. The Balaban J connectivity index is 0.00000378. The number of imidazole rings is 1. The average Bonchev–Trinajstić information content (AvgIpc) is 3.49. The third-order valence-electron chi connectivity index (χ3n) is 8.97. The van der Waals surface area contributed by atoms with Gasteiger partial charge in [0.05, 0.1) is 16.6 Å². The van der Waals surface area contributed by atoms with Crippen LogP contribution in [0.25, 0.3) is 60.9 Å². The molecule has 0 unspecified atom stereocenters. The maximum absolute atomic E-state index is 12.1. The second-order valence-corrected chi connectivity index (χ2v) is 12.4. The maximum Gasteiger partial charge on any atom is 0.150 e. The van der Waals surface area contributed by atoms with Gasteiger partial charge in [-0.1, -0.05) is 84.9 Å². The van der Waals surface area contributed by atoms with Gasteiger partial charge in [-0.2, -0.15) is 0 Å². The molecule has 0 spiro atoms. The van der Waals surface area contributed by atoms with E-state index in [0.717, 1.165) is 72.2 Å². The summed E-state index contributed by atoms with van der Waals surface area (Å²) in [4.78, 5) is 10.2. The quantitative estimate of drug-likeness (QED) is 0.129. The van der Waals surface area contributed by atoms with Crippen LogP contribution in [-0.2, 0) is 33.9 Å². The van der Waals surface area contributed by atoms with E-state index in [1.807, 2.05) is 54.6 Å². The number of fused-ring (bicyclic) bond motifs is 3. The summed E-state index contributed by atoms with van der Waals surface area (Å²) in [7, 11) is 0. The van der Waals surface area contributed by atoms with Crippen LogP contribution in [-0.4, -0.2) is 19.6 Å². The van der Waals surface area contributed by atoms with E-state index in [9.17, 15) is 5.11 Å². The predicted molar refractivity (Wildman–Crippen MR) is 198 cm³/mol. The van der Waals surface area contributed by atoms with E-state index < -0.39 is 0 Å². The number of phenols is 1. The van der Waals surface area contributed by atoms with Gasteiger partial charge in [0.25, 0.3) is 0 Å². The van der Waals surface area contributed by atoms with Crippen molar-refractivity contribution in [1.82, 2.24) is 14.5 Å². The number of aromatic hydroxyl groups is 1. The maximum atomic E-state index is 12.1. The number of rotatable bonds is 7. The summed E-state index contributed by atoms with van der Waals surface area (Å²) < 4.78 is 2.18. The molecule has 8 aromatic rings. The van der Waals surface area contributed by atoms with Crippen LogP contribution in [0.2, 0.25) is 0 Å². The van der Waals surface area contributed by atoms with Crippen LogP contribution < -0.4 is 0 Å². The van der Waals surface area contributed by atoms with Crippen LogP contribution in [0.15, 0.2) is 140 Å². The molecule has 0 radical (unpaired) electrons. The van der Waals surface area contributed by atoms with Crippen LogP contribution in [0.5, 0.6) is 5.75 Å². The molecular weight excluding hydrogens is 782 g/mol. The summed E-state index contributed by atoms with van der Waals surface area (Å²) in [5.74, 6) is 0.982. The van der Waals surface area contributed by atoms with Crippen molar-refractivity contribution in [2.45, 2.75) is 26.7 Å². The number of phenolic OH excluding ortho intramolecular Hbond substituents is 1. The van der Waals surface area contributed by atoms with Crippen LogP contribution in [0, 0.1) is 19.9 Å². The third-order valence-corrected chi connectivity index (χ3v) is 8.97. The van der Waals surface area contributed by atoms with Gasteiger partial charge in [-0.05, 0) is 89.1 Å². The minimum atomic E-state index is 0. The molecule has 5 heteroatoms. The monoisotopic (exact) mass is 815 g/mol. The van der Waals surface area contributed by atoms with Crippen molar-refractivity contribution < 1.29 is 26.2 Å². The molecule has 2 aromatic heterocycles. The van der Waals surface area contributed by atoms with Gasteiger partial charge in [-0.3, -0.25) is 4.57 Å². The predicted octanol–water partition coefficient (Wildman–Crippen LogP) is 10.5. The molecule has 0 fully saturated rings. The van der Waals surface area contributed by atoms with Crippen molar-refractivity contribution in [3.63, 3.8) is 0 Å². The number of para-hydroxylation sites is 2. The number of aryl methyl sites for hydroxylation is 2. The second-order valence-electron chi connectivity index (χ2n) is 12.4. The van der Waals surface area contributed by atoms with Gasteiger partial charge < -0.3 is 10.1 Å². The van der Waals surface area contributed by atoms with Gasteiger partial charge in [0.15, 0.2) is 0 Å². The average molecular weight is 816 g/mol. The molecular formula is C44H34N3OPt-. The molecule has 0 aliphatic heterocycles. The number of aromatic nitrogens is 3.